The summed E-state index contributed by atoms with van der Waals surface area (Å²) in [6, 6.07) is 0. The van der Waals surface area contributed by atoms with Crippen molar-refractivity contribution in [2.45, 2.75) is 0 Å². The highest BCUT2D eigenvalue weighted by atomic mass is 35.7. The minimum atomic E-state index is -2.15. The van der Waals surface area contributed by atoms with E-state index in [1.165, 1.54) is 0 Å². The largest absolute Gasteiger partial charge is 0.396 e. The van der Waals surface area contributed by atoms with E-state index in [0.29, 0.717) is 0 Å². The Bertz CT molecular complexity index is 88.9. The molecule has 6 N–H and O–H groups in total. The summed E-state index contributed by atoms with van der Waals surface area (Å²) in [6.45, 7) is -1.62. The molecule has 0 aliphatic heterocycles. The molecule has 6 nitrogen and oxygen atoms in total. The van der Waals surface area contributed by atoms with Crippen LogP contribution in [0.25, 0.3) is 0 Å². The minimum Gasteiger partial charge on any atom is -0.396 e. The fraction of sp³-hybridized carbons (Fsp3) is 1.00. The molecule has 82 valence electrons. The fourth-order valence-corrected chi connectivity index (χ4v) is 0.300. The molecule has 0 unspecified atom stereocenters. The first-order chi connectivity index (χ1) is 5.97. The molecule has 0 aliphatic rings. The van der Waals surface area contributed by atoms with Crippen molar-refractivity contribution in [3.63, 3.8) is 0 Å². The van der Waals surface area contributed by atoms with Gasteiger partial charge in [0.1, 0.15) is 0 Å². The van der Waals surface area contributed by atoms with E-state index in [9.17, 15) is 0 Å². The zero-order valence-corrected chi connectivity index (χ0v) is 8.49. The van der Waals surface area contributed by atoms with Crippen molar-refractivity contribution in [3.05, 3.63) is 0 Å². The van der Waals surface area contributed by atoms with E-state index in [4.69, 9.17) is 30.2 Å². The standard InChI is InChI=1S/C5H12O4.ClH2O2P/c6-1-5(2-7,3-8)4-9;1-4(2)3/h6-9H,1-4H2;2-3H. The number of hydrogen-bond donors (Lipinski definition) is 6. The van der Waals surface area contributed by atoms with E-state index in [1.54, 1.807) is 0 Å². The summed E-state index contributed by atoms with van der Waals surface area (Å²) in [7, 11) is -2.15. The Kier molecular flexibility index (Phi) is 11.1. The highest BCUT2D eigenvalue weighted by Crippen LogP contribution is 2.27. The van der Waals surface area contributed by atoms with E-state index >= 15 is 0 Å². The summed E-state index contributed by atoms with van der Waals surface area (Å²) in [6.07, 6.45) is 0. The predicted octanol–water partition coefficient (Wildman–Crippen LogP) is -1.62. The molecule has 0 amide bonds. The van der Waals surface area contributed by atoms with Gasteiger partial charge in [0, 0.05) is 0 Å². The Morgan fingerprint density at radius 2 is 1.00 bits per heavy atom. The average molecular weight is 237 g/mol. The molecule has 0 heterocycles. The molecule has 0 aromatic rings. The van der Waals surface area contributed by atoms with Gasteiger partial charge in [-0.05, 0) is 11.2 Å². The molecule has 0 saturated carbocycles. The maximum absolute atomic E-state index is 8.50. The zero-order valence-electron chi connectivity index (χ0n) is 6.84. The van der Waals surface area contributed by atoms with Crippen LogP contribution in [0.2, 0.25) is 0 Å². The van der Waals surface area contributed by atoms with Gasteiger partial charge in [0.15, 0.2) is 0 Å². The summed E-state index contributed by atoms with van der Waals surface area (Å²) in [5.41, 5.74) is -1.11. The summed E-state index contributed by atoms with van der Waals surface area (Å²) >= 11 is 4.45. The fourth-order valence-electron chi connectivity index (χ4n) is 0.300. The number of rotatable bonds is 4. The Morgan fingerprint density at radius 1 is 0.846 bits per heavy atom. The maximum Gasteiger partial charge on any atom is 0.271 e. The van der Waals surface area contributed by atoms with Crippen LogP contribution in [0.15, 0.2) is 0 Å². The first-order valence-corrected chi connectivity index (χ1v) is 5.40. The number of hydrogen-bond acceptors (Lipinski definition) is 6. The van der Waals surface area contributed by atoms with Crippen LogP contribution >= 0.6 is 19.0 Å². The van der Waals surface area contributed by atoms with Gasteiger partial charge in [0.2, 0.25) is 0 Å². The van der Waals surface area contributed by atoms with Gasteiger partial charge in [-0.15, -0.1) is 0 Å². The molecular weight excluding hydrogens is 222 g/mol. The first kappa shape index (κ1) is 15.9. The molecule has 0 aromatic carbocycles. The Hall–Kier alpha value is 0.480. The maximum atomic E-state index is 8.50. The van der Waals surface area contributed by atoms with Gasteiger partial charge in [0.25, 0.3) is 7.73 Å². The molecule has 8 heteroatoms. The number of aliphatic hydroxyl groups excluding tert-OH is 4. The second-order valence-corrected chi connectivity index (χ2v) is 3.76. The van der Waals surface area contributed by atoms with Gasteiger partial charge in [-0.25, -0.2) is 0 Å². The molecule has 0 bridgehead atoms. The van der Waals surface area contributed by atoms with Gasteiger partial charge in [-0.1, -0.05) is 0 Å². The van der Waals surface area contributed by atoms with Crippen molar-refractivity contribution in [1.29, 1.82) is 0 Å². The number of aliphatic hydroxyl groups is 4. The van der Waals surface area contributed by atoms with Crippen LogP contribution in [0.4, 0.5) is 0 Å². The van der Waals surface area contributed by atoms with Crippen LogP contribution in [-0.2, 0) is 0 Å². The summed E-state index contributed by atoms with van der Waals surface area (Å²) < 4.78 is 0. The lowest BCUT2D eigenvalue weighted by Crippen LogP contribution is -2.37. The molecule has 0 fully saturated rings. The van der Waals surface area contributed by atoms with Crippen molar-refractivity contribution in [2.75, 3.05) is 26.4 Å². The van der Waals surface area contributed by atoms with Crippen LogP contribution in [0.5, 0.6) is 0 Å². The van der Waals surface area contributed by atoms with Crippen molar-refractivity contribution < 1.29 is 30.2 Å². The van der Waals surface area contributed by atoms with Gasteiger partial charge in [-0.2, -0.15) is 0 Å². The van der Waals surface area contributed by atoms with Gasteiger partial charge < -0.3 is 30.2 Å². The van der Waals surface area contributed by atoms with Crippen LogP contribution in [0.1, 0.15) is 0 Å². The third-order valence-electron chi connectivity index (χ3n) is 1.34. The molecule has 0 spiro atoms. The molecule has 0 aromatic heterocycles. The minimum absolute atomic E-state index is 0.406. The Balaban J connectivity index is 0. The number of halogens is 1. The summed E-state index contributed by atoms with van der Waals surface area (Å²) in [4.78, 5) is 14.9. The van der Waals surface area contributed by atoms with Crippen molar-refractivity contribution in [3.8, 4) is 0 Å². The first-order valence-electron chi connectivity index (χ1n) is 3.25. The Labute approximate surface area is 81.7 Å². The van der Waals surface area contributed by atoms with Gasteiger partial charge >= 0.3 is 0 Å². The lowest BCUT2D eigenvalue weighted by Gasteiger charge is -2.23. The van der Waals surface area contributed by atoms with Crippen molar-refractivity contribution >= 4 is 19.0 Å². The molecular formula is C5H14ClO6P. The van der Waals surface area contributed by atoms with Crippen LogP contribution < -0.4 is 0 Å². The molecule has 0 rings (SSSR count). The molecule has 0 saturated heterocycles. The highest BCUT2D eigenvalue weighted by Gasteiger charge is 2.26. The molecule has 0 atom stereocenters. The van der Waals surface area contributed by atoms with Crippen LogP contribution in [0, 0.1) is 5.41 Å². The third kappa shape index (κ3) is 8.80. The van der Waals surface area contributed by atoms with Crippen molar-refractivity contribution in [2.24, 2.45) is 5.41 Å². The van der Waals surface area contributed by atoms with E-state index < -0.39 is 39.6 Å². The van der Waals surface area contributed by atoms with Gasteiger partial charge in [0.05, 0.1) is 31.8 Å². The normalized spacial score (nSPS) is 11.1. The Morgan fingerprint density at radius 3 is 1.00 bits per heavy atom. The lowest BCUT2D eigenvalue weighted by molar-refractivity contribution is -0.0328. The quantitative estimate of drug-likeness (QED) is 0.326. The zero-order chi connectivity index (χ0) is 10.9. The van der Waals surface area contributed by atoms with Crippen LogP contribution in [0.3, 0.4) is 0 Å². The third-order valence-corrected chi connectivity index (χ3v) is 1.34. The lowest BCUT2D eigenvalue weighted by atomic mass is 9.93. The highest BCUT2D eigenvalue weighted by molar-refractivity contribution is 7.74. The van der Waals surface area contributed by atoms with Crippen LogP contribution in [-0.4, -0.2) is 56.6 Å². The summed E-state index contributed by atoms with van der Waals surface area (Å²) in [5, 5.41) is 34.0. The van der Waals surface area contributed by atoms with Crippen molar-refractivity contribution in [1.82, 2.24) is 0 Å². The van der Waals surface area contributed by atoms with E-state index in [2.05, 4.69) is 11.2 Å². The summed E-state index contributed by atoms with van der Waals surface area (Å²) in [5.74, 6) is 0. The SMILES string of the molecule is OCC(CO)(CO)CO.OP(O)Cl. The molecule has 13 heavy (non-hydrogen) atoms. The smallest absolute Gasteiger partial charge is 0.271 e. The molecule has 0 radical (unpaired) electrons. The molecule has 0 aliphatic carbocycles. The van der Waals surface area contributed by atoms with E-state index in [0.717, 1.165) is 0 Å². The average Bonchev–Trinajstić information content (AvgIpc) is 2.09. The van der Waals surface area contributed by atoms with E-state index in [1.807, 2.05) is 0 Å². The second-order valence-electron chi connectivity index (χ2n) is 2.37. The topological polar surface area (TPSA) is 121 Å². The monoisotopic (exact) mass is 236 g/mol. The van der Waals surface area contributed by atoms with E-state index in [-0.39, 0.29) is 0 Å². The second kappa shape index (κ2) is 9.05. The van der Waals surface area contributed by atoms with Gasteiger partial charge in [-0.3, -0.25) is 0 Å². The predicted molar refractivity (Wildman–Crippen MR) is 48.0 cm³/mol.